The second-order valence-electron chi connectivity index (χ2n) is 6.00. The molecule has 1 unspecified atom stereocenters. The molecule has 0 aliphatic carbocycles. The summed E-state index contributed by atoms with van der Waals surface area (Å²) < 4.78 is 0. The number of aromatic nitrogens is 1. The first-order chi connectivity index (χ1) is 11.3. The van der Waals surface area contributed by atoms with Gasteiger partial charge in [-0.3, -0.25) is 4.79 Å². The molecule has 2 heterocycles. The van der Waals surface area contributed by atoms with Crippen molar-refractivity contribution >= 4 is 17.2 Å². The van der Waals surface area contributed by atoms with E-state index in [1.807, 2.05) is 10.3 Å². The van der Waals surface area contributed by atoms with Crippen molar-refractivity contribution in [2.75, 3.05) is 19.6 Å². The van der Waals surface area contributed by atoms with Crippen LogP contribution in [0.5, 0.6) is 0 Å². The third kappa shape index (κ3) is 3.98. The zero-order valence-electron chi connectivity index (χ0n) is 13.3. The van der Waals surface area contributed by atoms with Crippen molar-refractivity contribution in [1.29, 1.82) is 0 Å². The summed E-state index contributed by atoms with van der Waals surface area (Å²) >= 11 is 1.53. The van der Waals surface area contributed by atoms with Gasteiger partial charge in [-0.05, 0) is 37.3 Å². The molecule has 4 nitrogen and oxygen atoms in total. The first-order valence-electron chi connectivity index (χ1n) is 8.26. The fraction of sp³-hybridized carbons (Fsp3) is 0.444. The number of carbonyl (C=O) groups excluding carboxylic acids is 1. The van der Waals surface area contributed by atoms with Crippen LogP contribution in [-0.4, -0.2) is 35.4 Å². The molecule has 1 atom stereocenters. The van der Waals surface area contributed by atoms with Crippen LogP contribution in [-0.2, 0) is 6.42 Å². The van der Waals surface area contributed by atoms with E-state index in [0.717, 1.165) is 43.8 Å². The van der Waals surface area contributed by atoms with Crippen LogP contribution in [0.4, 0.5) is 0 Å². The fourth-order valence-corrected chi connectivity index (χ4v) is 3.96. The number of nitrogens with zero attached hydrogens (tertiary/aromatic N) is 2. The highest BCUT2D eigenvalue weighted by Crippen LogP contribution is 2.28. The van der Waals surface area contributed by atoms with Gasteiger partial charge in [-0.25, -0.2) is 4.98 Å². The Labute approximate surface area is 141 Å². The van der Waals surface area contributed by atoms with Gasteiger partial charge in [0.2, 0.25) is 0 Å². The molecule has 1 aromatic carbocycles. The summed E-state index contributed by atoms with van der Waals surface area (Å²) in [6.45, 7) is 2.21. The molecule has 0 spiro atoms. The number of hydrogen-bond acceptors (Lipinski definition) is 4. The van der Waals surface area contributed by atoms with Crippen LogP contribution in [0.15, 0.2) is 35.7 Å². The molecule has 3 rings (SSSR count). The Balaban J connectivity index is 1.64. The zero-order chi connectivity index (χ0) is 16.1. The molecule has 2 aromatic rings. The van der Waals surface area contributed by atoms with E-state index in [1.54, 1.807) is 0 Å². The third-order valence-corrected chi connectivity index (χ3v) is 5.32. The van der Waals surface area contributed by atoms with Crippen molar-refractivity contribution in [3.63, 3.8) is 0 Å². The lowest BCUT2D eigenvalue weighted by Crippen LogP contribution is -2.32. The molecule has 0 bridgehead atoms. The molecule has 0 saturated carbocycles. The van der Waals surface area contributed by atoms with Crippen LogP contribution in [0.1, 0.15) is 46.2 Å². The van der Waals surface area contributed by atoms with Crippen LogP contribution in [0, 0.1) is 0 Å². The Bertz CT molecular complexity index is 641. The summed E-state index contributed by atoms with van der Waals surface area (Å²) in [5.74, 6) is 0.621. The summed E-state index contributed by atoms with van der Waals surface area (Å²) in [6.07, 6.45) is 3.96. The van der Waals surface area contributed by atoms with E-state index in [0.29, 0.717) is 18.2 Å². The molecule has 1 amide bonds. The lowest BCUT2D eigenvalue weighted by molar-refractivity contribution is 0.0756. The number of carbonyl (C=O) groups is 1. The topological polar surface area (TPSA) is 59.2 Å². The Kier molecular flexibility index (Phi) is 5.41. The predicted molar refractivity (Wildman–Crippen MR) is 93.8 cm³/mol. The minimum Gasteiger partial charge on any atom is -0.337 e. The SMILES string of the molecule is NCCc1nc(C(=O)N2CCCC(c3ccccc3)CC2)cs1. The minimum atomic E-state index is 0.0678. The van der Waals surface area contributed by atoms with Crippen LogP contribution >= 0.6 is 11.3 Å². The van der Waals surface area contributed by atoms with Gasteiger partial charge in [0.25, 0.3) is 5.91 Å². The highest BCUT2D eigenvalue weighted by molar-refractivity contribution is 7.09. The number of likely N-dealkylation sites (tertiary alicyclic amines) is 1. The average molecular weight is 329 g/mol. The molecular weight excluding hydrogens is 306 g/mol. The maximum Gasteiger partial charge on any atom is 0.273 e. The monoisotopic (exact) mass is 329 g/mol. The van der Waals surface area contributed by atoms with Gasteiger partial charge in [0.1, 0.15) is 5.69 Å². The predicted octanol–water partition coefficient (Wildman–Crippen LogP) is 3.05. The first kappa shape index (κ1) is 16.1. The van der Waals surface area contributed by atoms with Gasteiger partial charge in [-0.15, -0.1) is 11.3 Å². The third-order valence-electron chi connectivity index (χ3n) is 4.42. The molecule has 122 valence electrons. The number of amides is 1. The average Bonchev–Trinajstić information content (AvgIpc) is 2.91. The van der Waals surface area contributed by atoms with Gasteiger partial charge in [0, 0.05) is 24.9 Å². The number of hydrogen-bond donors (Lipinski definition) is 1. The summed E-state index contributed by atoms with van der Waals surface area (Å²) in [4.78, 5) is 19.0. The second-order valence-corrected chi connectivity index (χ2v) is 6.94. The molecule has 0 radical (unpaired) electrons. The van der Waals surface area contributed by atoms with E-state index in [1.165, 1.54) is 16.9 Å². The van der Waals surface area contributed by atoms with Crippen molar-refractivity contribution in [2.24, 2.45) is 5.73 Å². The molecular formula is C18H23N3OS. The van der Waals surface area contributed by atoms with E-state index in [-0.39, 0.29) is 5.91 Å². The number of thiazole rings is 1. The van der Waals surface area contributed by atoms with E-state index >= 15 is 0 Å². The minimum absolute atomic E-state index is 0.0678. The van der Waals surface area contributed by atoms with Crippen LogP contribution in [0.2, 0.25) is 0 Å². The molecule has 1 aliphatic rings. The van der Waals surface area contributed by atoms with Gasteiger partial charge in [0.15, 0.2) is 0 Å². The maximum atomic E-state index is 12.7. The van der Waals surface area contributed by atoms with E-state index < -0.39 is 0 Å². The smallest absolute Gasteiger partial charge is 0.273 e. The molecule has 1 saturated heterocycles. The standard InChI is InChI=1S/C18H23N3OS/c19-10-8-17-20-16(13-23-17)18(22)21-11-4-7-15(9-12-21)14-5-2-1-3-6-14/h1-3,5-6,13,15H,4,7-12,19H2. The van der Waals surface area contributed by atoms with Gasteiger partial charge in [0.05, 0.1) is 5.01 Å². The summed E-state index contributed by atoms with van der Waals surface area (Å²) in [6, 6.07) is 10.6. The van der Waals surface area contributed by atoms with E-state index in [9.17, 15) is 4.79 Å². The Hall–Kier alpha value is -1.72. The second kappa shape index (κ2) is 7.70. The Morgan fingerprint density at radius 1 is 1.26 bits per heavy atom. The summed E-state index contributed by atoms with van der Waals surface area (Å²) in [5, 5.41) is 2.82. The lowest BCUT2D eigenvalue weighted by Gasteiger charge is -2.19. The Morgan fingerprint density at radius 3 is 2.87 bits per heavy atom. The maximum absolute atomic E-state index is 12.7. The lowest BCUT2D eigenvalue weighted by atomic mass is 9.92. The first-order valence-corrected chi connectivity index (χ1v) is 9.14. The van der Waals surface area contributed by atoms with Gasteiger partial charge < -0.3 is 10.6 Å². The number of nitrogens with two attached hydrogens (primary N) is 1. The van der Waals surface area contributed by atoms with Crippen molar-refractivity contribution in [1.82, 2.24) is 9.88 Å². The summed E-state index contributed by atoms with van der Waals surface area (Å²) in [7, 11) is 0. The largest absolute Gasteiger partial charge is 0.337 e. The molecule has 1 aliphatic heterocycles. The molecule has 1 fully saturated rings. The highest BCUT2D eigenvalue weighted by atomic mass is 32.1. The van der Waals surface area contributed by atoms with E-state index in [2.05, 4.69) is 35.3 Å². The molecule has 1 aromatic heterocycles. The van der Waals surface area contributed by atoms with E-state index in [4.69, 9.17) is 5.73 Å². The van der Waals surface area contributed by atoms with Crippen molar-refractivity contribution in [3.05, 3.63) is 52.0 Å². The van der Waals surface area contributed by atoms with Crippen LogP contribution < -0.4 is 5.73 Å². The highest BCUT2D eigenvalue weighted by Gasteiger charge is 2.23. The normalized spacial score (nSPS) is 18.7. The molecule has 5 heteroatoms. The summed E-state index contributed by atoms with van der Waals surface area (Å²) in [5.41, 5.74) is 7.52. The molecule has 2 N–H and O–H groups in total. The van der Waals surface area contributed by atoms with Gasteiger partial charge in [-0.2, -0.15) is 0 Å². The van der Waals surface area contributed by atoms with Crippen LogP contribution in [0.3, 0.4) is 0 Å². The van der Waals surface area contributed by atoms with Gasteiger partial charge >= 0.3 is 0 Å². The quantitative estimate of drug-likeness (QED) is 0.938. The molecule has 23 heavy (non-hydrogen) atoms. The van der Waals surface area contributed by atoms with Crippen molar-refractivity contribution in [2.45, 2.75) is 31.6 Å². The Morgan fingerprint density at radius 2 is 2.09 bits per heavy atom. The zero-order valence-corrected chi connectivity index (χ0v) is 14.1. The van der Waals surface area contributed by atoms with Crippen LogP contribution in [0.25, 0.3) is 0 Å². The van der Waals surface area contributed by atoms with Crippen molar-refractivity contribution < 1.29 is 4.79 Å². The van der Waals surface area contributed by atoms with Gasteiger partial charge in [-0.1, -0.05) is 30.3 Å². The van der Waals surface area contributed by atoms with Crippen molar-refractivity contribution in [3.8, 4) is 0 Å². The number of rotatable bonds is 4. The fourth-order valence-electron chi connectivity index (χ4n) is 3.17. The number of benzene rings is 1.